The Hall–Kier alpha value is -4.39. The average Bonchev–Trinajstić information content (AvgIpc) is 2.86. The van der Waals surface area contributed by atoms with Crippen LogP contribution < -0.4 is 20.3 Å². The van der Waals surface area contributed by atoms with Crippen LogP contribution in [0, 0.1) is 0 Å². The number of benzene rings is 3. The van der Waals surface area contributed by atoms with E-state index in [-0.39, 0.29) is 0 Å². The van der Waals surface area contributed by atoms with E-state index in [1.165, 1.54) is 6.33 Å². The van der Waals surface area contributed by atoms with Crippen LogP contribution >= 0.6 is 0 Å². The summed E-state index contributed by atoms with van der Waals surface area (Å²) in [7, 11) is 3.22. The third kappa shape index (κ3) is 3.60. The molecule has 0 radical (unpaired) electrons. The van der Waals surface area contributed by atoms with Gasteiger partial charge in [0.1, 0.15) is 17.7 Å². The summed E-state index contributed by atoms with van der Waals surface area (Å²) in [5.41, 5.74) is 5.51. The van der Waals surface area contributed by atoms with Gasteiger partial charge >= 0.3 is 0 Å². The maximum absolute atomic E-state index is 6.17. The fourth-order valence-corrected chi connectivity index (χ4v) is 3.55. The molecule has 0 aliphatic heterocycles. The summed E-state index contributed by atoms with van der Waals surface area (Å²) in [6.07, 6.45) is 1.52. The summed E-state index contributed by atoms with van der Waals surface area (Å²) in [5.74, 6) is 2.56. The lowest BCUT2D eigenvalue weighted by Gasteiger charge is -2.10. The predicted molar refractivity (Wildman–Crippen MR) is 123 cm³/mol. The van der Waals surface area contributed by atoms with Gasteiger partial charge in [0.25, 0.3) is 0 Å². The Morgan fingerprint density at radius 2 is 1.59 bits per heavy atom. The highest BCUT2D eigenvalue weighted by molar-refractivity contribution is 5.88. The summed E-state index contributed by atoms with van der Waals surface area (Å²) in [6.45, 7) is 0. The lowest BCUT2D eigenvalue weighted by Crippen LogP contribution is -2.08. The van der Waals surface area contributed by atoms with E-state index >= 15 is 0 Å². The highest BCUT2D eigenvalue weighted by Gasteiger charge is 2.10. The number of para-hydroxylation sites is 2. The van der Waals surface area contributed by atoms with Crippen LogP contribution in [0.2, 0.25) is 0 Å². The number of aromatic nitrogens is 2. The van der Waals surface area contributed by atoms with Crippen molar-refractivity contribution < 1.29 is 13.9 Å². The van der Waals surface area contributed by atoms with Gasteiger partial charge in [0.15, 0.2) is 17.3 Å². The normalized spacial score (nSPS) is 11.6. The van der Waals surface area contributed by atoms with Crippen LogP contribution in [0.1, 0.15) is 0 Å². The molecule has 0 saturated carbocycles. The van der Waals surface area contributed by atoms with Crippen LogP contribution in [0.3, 0.4) is 0 Å². The third-order valence-corrected chi connectivity index (χ3v) is 5.14. The first-order valence-corrected chi connectivity index (χ1v) is 10.0. The maximum atomic E-state index is 6.17. The SMILES string of the molecule is COc1ccc(-c2c/c(=N\Nc3ncnc4ccccc34)c3ccccc3o2)cc1OC. The smallest absolute Gasteiger partial charge is 0.161 e. The van der Waals surface area contributed by atoms with Gasteiger partial charge in [-0.25, -0.2) is 9.97 Å². The molecule has 0 atom stereocenters. The lowest BCUT2D eigenvalue weighted by molar-refractivity contribution is 0.355. The average molecular weight is 424 g/mol. The fraction of sp³-hybridized carbons (Fsp3) is 0.0800. The number of ether oxygens (including phenoxy) is 2. The van der Waals surface area contributed by atoms with Gasteiger partial charge in [-0.1, -0.05) is 24.3 Å². The molecule has 5 aromatic rings. The third-order valence-electron chi connectivity index (χ3n) is 5.14. The monoisotopic (exact) mass is 424 g/mol. The first-order chi connectivity index (χ1) is 15.8. The van der Waals surface area contributed by atoms with Crippen molar-refractivity contribution in [3.63, 3.8) is 0 Å². The number of rotatable bonds is 5. The van der Waals surface area contributed by atoms with Crippen molar-refractivity contribution in [2.45, 2.75) is 0 Å². The molecule has 0 amide bonds. The lowest BCUT2D eigenvalue weighted by atomic mass is 10.1. The number of nitrogens with one attached hydrogen (secondary N) is 1. The molecule has 0 aliphatic carbocycles. The van der Waals surface area contributed by atoms with Gasteiger partial charge in [-0.3, -0.25) is 5.43 Å². The largest absolute Gasteiger partial charge is 0.493 e. The molecule has 158 valence electrons. The Morgan fingerprint density at radius 3 is 2.44 bits per heavy atom. The summed E-state index contributed by atoms with van der Waals surface area (Å²) >= 11 is 0. The molecule has 0 aliphatic rings. The van der Waals surface area contributed by atoms with Gasteiger partial charge in [-0.15, -0.1) is 0 Å². The second kappa shape index (κ2) is 8.39. The maximum Gasteiger partial charge on any atom is 0.161 e. The number of methoxy groups -OCH3 is 2. The van der Waals surface area contributed by atoms with Gasteiger partial charge in [0, 0.05) is 22.4 Å². The minimum Gasteiger partial charge on any atom is -0.493 e. The fourth-order valence-electron chi connectivity index (χ4n) is 3.55. The Balaban J connectivity index is 1.64. The number of hydrogen-bond donors (Lipinski definition) is 1. The van der Waals surface area contributed by atoms with Crippen LogP contribution in [0.25, 0.3) is 33.2 Å². The van der Waals surface area contributed by atoms with Crippen LogP contribution in [-0.4, -0.2) is 24.2 Å². The number of hydrogen-bond acceptors (Lipinski definition) is 7. The van der Waals surface area contributed by atoms with Gasteiger partial charge in [0.05, 0.1) is 25.1 Å². The second-order valence-corrected chi connectivity index (χ2v) is 7.02. The highest BCUT2D eigenvalue weighted by Crippen LogP contribution is 2.32. The molecule has 2 aromatic heterocycles. The zero-order valence-corrected chi connectivity index (χ0v) is 17.6. The molecule has 3 aromatic carbocycles. The zero-order chi connectivity index (χ0) is 21.9. The molecule has 0 bridgehead atoms. The van der Waals surface area contributed by atoms with Crippen molar-refractivity contribution in [1.82, 2.24) is 9.97 Å². The number of fused-ring (bicyclic) bond motifs is 2. The zero-order valence-electron chi connectivity index (χ0n) is 17.6. The molecule has 0 unspecified atom stereocenters. The van der Waals surface area contributed by atoms with Crippen LogP contribution in [0.5, 0.6) is 11.5 Å². The van der Waals surface area contributed by atoms with Gasteiger partial charge in [-0.05, 0) is 42.5 Å². The Labute approximate surface area is 184 Å². The Morgan fingerprint density at radius 1 is 0.812 bits per heavy atom. The van der Waals surface area contributed by atoms with E-state index in [1.807, 2.05) is 72.8 Å². The van der Waals surface area contributed by atoms with E-state index in [4.69, 9.17) is 13.9 Å². The van der Waals surface area contributed by atoms with Gasteiger partial charge < -0.3 is 13.9 Å². The first kappa shape index (κ1) is 19.6. The molecule has 7 nitrogen and oxygen atoms in total. The Bertz CT molecular complexity index is 1490. The van der Waals surface area contributed by atoms with E-state index in [0.717, 1.165) is 27.2 Å². The molecule has 5 rings (SSSR count). The van der Waals surface area contributed by atoms with E-state index in [9.17, 15) is 0 Å². The van der Waals surface area contributed by atoms with E-state index in [1.54, 1.807) is 14.2 Å². The standard InChI is InChI=1S/C25H20N4O3/c1-30-22-12-11-16(13-24(22)31-2)23-14-20(17-7-4-6-10-21(17)32-23)28-29-25-18-8-3-5-9-19(18)26-15-27-25/h3-15H,1-2H3,(H,26,27,29)/b28-20+. The predicted octanol–water partition coefficient (Wildman–Crippen LogP) is 4.99. The van der Waals surface area contributed by atoms with Crippen LogP contribution in [0.15, 0.2) is 88.6 Å². The molecule has 0 fully saturated rings. The quantitative estimate of drug-likeness (QED) is 0.401. The molecule has 2 heterocycles. The van der Waals surface area contributed by atoms with Crippen molar-refractivity contribution >= 4 is 27.7 Å². The molecule has 1 N–H and O–H groups in total. The van der Waals surface area contributed by atoms with Crippen molar-refractivity contribution in [3.05, 3.63) is 84.5 Å². The molecule has 32 heavy (non-hydrogen) atoms. The van der Waals surface area contributed by atoms with Gasteiger partial charge in [0.2, 0.25) is 0 Å². The molecule has 0 spiro atoms. The highest BCUT2D eigenvalue weighted by atomic mass is 16.5. The molecular weight excluding hydrogens is 404 g/mol. The topological polar surface area (TPSA) is 81.8 Å². The van der Waals surface area contributed by atoms with Crippen molar-refractivity contribution in [1.29, 1.82) is 0 Å². The van der Waals surface area contributed by atoms with E-state index < -0.39 is 0 Å². The van der Waals surface area contributed by atoms with E-state index in [2.05, 4.69) is 20.5 Å². The number of anilines is 1. The Kier molecular flexibility index (Phi) is 5.13. The second-order valence-electron chi connectivity index (χ2n) is 7.02. The minimum atomic E-state index is 0.623. The summed E-state index contributed by atoms with van der Waals surface area (Å²) in [5, 5.41) is 7.15. The summed E-state index contributed by atoms with van der Waals surface area (Å²) < 4.78 is 17.0. The summed E-state index contributed by atoms with van der Waals surface area (Å²) in [4.78, 5) is 8.66. The molecular formula is C25H20N4O3. The van der Waals surface area contributed by atoms with Crippen molar-refractivity contribution in [2.24, 2.45) is 5.10 Å². The molecule has 7 heteroatoms. The van der Waals surface area contributed by atoms with Gasteiger partial charge in [-0.2, -0.15) is 5.10 Å². The number of nitrogens with zero attached hydrogens (tertiary/aromatic N) is 3. The summed E-state index contributed by atoms with van der Waals surface area (Å²) in [6, 6.07) is 23.1. The van der Waals surface area contributed by atoms with Crippen molar-refractivity contribution in [3.8, 4) is 22.8 Å². The minimum absolute atomic E-state index is 0.623. The van der Waals surface area contributed by atoms with Crippen LogP contribution in [0.4, 0.5) is 5.82 Å². The van der Waals surface area contributed by atoms with E-state index in [0.29, 0.717) is 28.7 Å². The van der Waals surface area contributed by atoms with Crippen molar-refractivity contribution in [2.75, 3.05) is 19.6 Å². The van der Waals surface area contributed by atoms with Crippen LogP contribution in [-0.2, 0) is 0 Å². The molecule has 0 saturated heterocycles. The first-order valence-electron chi connectivity index (χ1n) is 10.0.